The molecule has 0 radical (unpaired) electrons. The van der Waals surface area contributed by atoms with E-state index in [9.17, 15) is 0 Å². The zero-order valence-corrected chi connectivity index (χ0v) is 9.44. The summed E-state index contributed by atoms with van der Waals surface area (Å²) in [5.41, 5.74) is 8.38. The number of unbranched alkanes of at least 4 members (excludes halogenated alkanes) is 1. The number of benzene rings is 1. The summed E-state index contributed by atoms with van der Waals surface area (Å²) in [6, 6.07) is 7.69. The van der Waals surface area contributed by atoms with Crippen LogP contribution in [0.1, 0.15) is 25.7 Å². The molecule has 0 atom stereocenters. The van der Waals surface area contributed by atoms with Crippen molar-refractivity contribution < 1.29 is 4.42 Å². The average molecular weight is 216 g/mol. The van der Waals surface area contributed by atoms with E-state index < -0.39 is 0 Å². The number of nitrogen functional groups attached to an aromatic ring is 1. The van der Waals surface area contributed by atoms with Gasteiger partial charge in [0, 0.05) is 17.7 Å². The molecule has 84 valence electrons. The molecule has 0 amide bonds. The summed E-state index contributed by atoms with van der Waals surface area (Å²) in [6.07, 6.45) is 4.81. The molecular weight excluding hydrogens is 200 g/mol. The number of hydrogen-bond acceptors (Lipinski definition) is 3. The van der Waals surface area contributed by atoms with Gasteiger partial charge in [0.2, 0.25) is 0 Å². The number of rotatable bonds is 4. The Morgan fingerprint density at radius 3 is 2.88 bits per heavy atom. The first-order valence-electron chi connectivity index (χ1n) is 5.60. The van der Waals surface area contributed by atoms with E-state index in [1.807, 2.05) is 24.3 Å². The summed E-state index contributed by atoms with van der Waals surface area (Å²) >= 11 is 0. The highest BCUT2D eigenvalue weighted by Gasteiger charge is 2.07. The van der Waals surface area contributed by atoms with Crippen LogP contribution in [0.25, 0.3) is 11.3 Å². The van der Waals surface area contributed by atoms with Gasteiger partial charge in [-0.2, -0.15) is 0 Å². The Hall–Kier alpha value is -1.77. The Labute approximate surface area is 95.3 Å². The van der Waals surface area contributed by atoms with Gasteiger partial charge in [-0.05, 0) is 12.5 Å². The average Bonchev–Trinajstić information content (AvgIpc) is 2.75. The van der Waals surface area contributed by atoms with Crippen LogP contribution in [0.4, 0.5) is 5.69 Å². The van der Waals surface area contributed by atoms with E-state index in [0.29, 0.717) is 0 Å². The second-order valence-corrected chi connectivity index (χ2v) is 3.82. The lowest BCUT2D eigenvalue weighted by Gasteiger charge is -1.99. The van der Waals surface area contributed by atoms with Gasteiger partial charge in [0.05, 0.1) is 0 Å². The highest BCUT2D eigenvalue weighted by molar-refractivity contribution is 5.72. The molecule has 3 nitrogen and oxygen atoms in total. The van der Waals surface area contributed by atoms with E-state index in [1.165, 1.54) is 0 Å². The third-order valence-electron chi connectivity index (χ3n) is 2.53. The maximum atomic E-state index is 5.88. The fourth-order valence-corrected chi connectivity index (χ4v) is 1.61. The molecule has 0 spiro atoms. The molecule has 0 saturated heterocycles. The molecule has 0 aliphatic rings. The molecule has 0 bridgehead atoms. The molecule has 1 heterocycles. The van der Waals surface area contributed by atoms with Crippen LogP contribution in [-0.4, -0.2) is 4.98 Å². The van der Waals surface area contributed by atoms with Gasteiger partial charge in [-0.15, -0.1) is 0 Å². The van der Waals surface area contributed by atoms with Crippen LogP contribution >= 0.6 is 0 Å². The fourth-order valence-electron chi connectivity index (χ4n) is 1.61. The van der Waals surface area contributed by atoms with Gasteiger partial charge >= 0.3 is 0 Å². The zero-order valence-electron chi connectivity index (χ0n) is 9.44. The Morgan fingerprint density at radius 1 is 1.31 bits per heavy atom. The molecule has 3 heteroatoms. The van der Waals surface area contributed by atoms with Crippen LogP contribution in [0.2, 0.25) is 0 Å². The summed E-state index contributed by atoms with van der Waals surface area (Å²) in [4.78, 5) is 4.43. The number of aryl methyl sites for hydroxylation is 1. The third-order valence-corrected chi connectivity index (χ3v) is 2.53. The SMILES string of the molecule is CCCCc1nc(-c2ccccc2N)co1. The van der Waals surface area contributed by atoms with E-state index in [-0.39, 0.29) is 0 Å². The van der Waals surface area contributed by atoms with E-state index in [2.05, 4.69) is 11.9 Å². The van der Waals surface area contributed by atoms with E-state index in [4.69, 9.17) is 10.2 Å². The van der Waals surface area contributed by atoms with E-state index in [1.54, 1.807) is 6.26 Å². The minimum Gasteiger partial charge on any atom is -0.448 e. The normalized spacial score (nSPS) is 10.6. The molecule has 2 N–H and O–H groups in total. The first-order valence-corrected chi connectivity index (χ1v) is 5.60. The molecule has 1 aromatic carbocycles. The molecule has 1 aromatic heterocycles. The highest BCUT2D eigenvalue weighted by Crippen LogP contribution is 2.24. The van der Waals surface area contributed by atoms with Gasteiger partial charge in [-0.1, -0.05) is 31.5 Å². The van der Waals surface area contributed by atoms with Crippen molar-refractivity contribution >= 4 is 5.69 Å². The second kappa shape index (κ2) is 4.84. The van der Waals surface area contributed by atoms with Gasteiger partial charge in [-0.3, -0.25) is 0 Å². The van der Waals surface area contributed by atoms with Crippen LogP contribution in [0.15, 0.2) is 34.9 Å². The van der Waals surface area contributed by atoms with Crippen LogP contribution in [0, 0.1) is 0 Å². The maximum Gasteiger partial charge on any atom is 0.194 e. The zero-order chi connectivity index (χ0) is 11.4. The predicted molar refractivity (Wildman–Crippen MR) is 65.0 cm³/mol. The quantitative estimate of drug-likeness (QED) is 0.798. The molecule has 2 aromatic rings. The van der Waals surface area contributed by atoms with Crippen LogP contribution in [-0.2, 0) is 6.42 Å². The number of hydrogen-bond donors (Lipinski definition) is 1. The number of para-hydroxylation sites is 1. The van der Waals surface area contributed by atoms with Crippen molar-refractivity contribution in [2.24, 2.45) is 0 Å². The number of nitrogens with two attached hydrogens (primary N) is 1. The van der Waals surface area contributed by atoms with Gasteiger partial charge < -0.3 is 10.2 Å². The van der Waals surface area contributed by atoms with Crippen molar-refractivity contribution in [2.45, 2.75) is 26.2 Å². The van der Waals surface area contributed by atoms with E-state index in [0.717, 1.165) is 42.1 Å². The lowest BCUT2D eigenvalue weighted by Crippen LogP contribution is -1.90. The van der Waals surface area contributed by atoms with Crippen LogP contribution in [0.3, 0.4) is 0 Å². The Bertz CT molecular complexity index is 462. The highest BCUT2D eigenvalue weighted by atomic mass is 16.3. The standard InChI is InChI=1S/C13H16N2O/c1-2-3-8-13-15-12(9-16-13)10-6-4-5-7-11(10)14/h4-7,9H,2-3,8,14H2,1H3. The van der Waals surface area contributed by atoms with E-state index >= 15 is 0 Å². The summed E-state index contributed by atoms with van der Waals surface area (Å²) in [7, 11) is 0. The van der Waals surface area contributed by atoms with Gasteiger partial charge in [0.1, 0.15) is 12.0 Å². The van der Waals surface area contributed by atoms with Crippen LogP contribution in [0.5, 0.6) is 0 Å². The first-order chi connectivity index (χ1) is 7.81. The summed E-state index contributed by atoms with van der Waals surface area (Å²) < 4.78 is 5.41. The van der Waals surface area contributed by atoms with Gasteiger partial charge in [-0.25, -0.2) is 4.98 Å². The topological polar surface area (TPSA) is 52.0 Å². The van der Waals surface area contributed by atoms with Crippen molar-refractivity contribution in [3.8, 4) is 11.3 Å². The Morgan fingerprint density at radius 2 is 2.12 bits per heavy atom. The minimum absolute atomic E-state index is 0.734. The number of anilines is 1. The van der Waals surface area contributed by atoms with Crippen molar-refractivity contribution in [1.82, 2.24) is 4.98 Å². The van der Waals surface area contributed by atoms with Crippen LogP contribution < -0.4 is 5.73 Å². The lowest BCUT2D eigenvalue weighted by molar-refractivity contribution is 0.486. The fraction of sp³-hybridized carbons (Fsp3) is 0.308. The number of nitrogens with zero attached hydrogens (tertiary/aromatic N) is 1. The molecule has 0 fully saturated rings. The first kappa shape index (κ1) is 10.7. The third kappa shape index (κ3) is 2.24. The van der Waals surface area contributed by atoms with Crippen molar-refractivity contribution in [1.29, 1.82) is 0 Å². The van der Waals surface area contributed by atoms with Crippen molar-refractivity contribution in [2.75, 3.05) is 5.73 Å². The Kier molecular flexibility index (Phi) is 3.25. The predicted octanol–water partition coefficient (Wildman–Crippen LogP) is 3.27. The maximum absolute atomic E-state index is 5.88. The minimum atomic E-state index is 0.734. The van der Waals surface area contributed by atoms with Gasteiger partial charge in [0.15, 0.2) is 5.89 Å². The molecule has 16 heavy (non-hydrogen) atoms. The van der Waals surface area contributed by atoms with Crippen molar-refractivity contribution in [3.63, 3.8) is 0 Å². The molecule has 2 rings (SSSR count). The molecule has 0 saturated carbocycles. The molecule has 0 aliphatic carbocycles. The monoisotopic (exact) mass is 216 g/mol. The lowest BCUT2D eigenvalue weighted by atomic mass is 10.1. The van der Waals surface area contributed by atoms with Gasteiger partial charge in [0.25, 0.3) is 0 Å². The summed E-state index contributed by atoms with van der Waals surface area (Å²) in [5, 5.41) is 0. The summed E-state index contributed by atoms with van der Waals surface area (Å²) in [5.74, 6) is 0.792. The molecular formula is C13H16N2O. The molecule has 0 unspecified atom stereocenters. The number of aromatic nitrogens is 1. The second-order valence-electron chi connectivity index (χ2n) is 3.82. The summed E-state index contributed by atoms with van der Waals surface area (Å²) in [6.45, 7) is 2.15. The van der Waals surface area contributed by atoms with Crippen molar-refractivity contribution in [3.05, 3.63) is 36.4 Å². The molecule has 0 aliphatic heterocycles. The number of oxazole rings is 1. The Balaban J connectivity index is 2.22. The largest absolute Gasteiger partial charge is 0.448 e. The smallest absolute Gasteiger partial charge is 0.194 e.